The first-order chi connectivity index (χ1) is 7.00. The van der Waals surface area contributed by atoms with Crippen LogP contribution in [0.3, 0.4) is 0 Å². The van der Waals surface area contributed by atoms with E-state index in [1.165, 1.54) is 0 Å². The predicted molar refractivity (Wildman–Crippen MR) is 59.9 cm³/mol. The molecule has 5 heteroatoms. The number of carbonyl (C=O) groups excluding carboxylic acids is 1. The van der Waals surface area contributed by atoms with Crippen molar-refractivity contribution in [2.24, 2.45) is 5.92 Å². The lowest BCUT2D eigenvalue weighted by molar-refractivity contribution is -0.141. The second kappa shape index (κ2) is 5.39. The number of nitrogens with zero attached hydrogens (tertiary/aromatic N) is 1. The molecule has 1 rings (SSSR count). The number of carboxylic acid groups (broad SMARTS) is 1. The maximum Gasteiger partial charge on any atom is 0.308 e. The Morgan fingerprint density at radius 3 is 2.67 bits per heavy atom. The van der Waals surface area contributed by atoms with E-state index >= 15 is 0 Å². The molecule has 1 saturated heterocycles. The highest BCUT2D eigenvalue weighted by atomic mass is 32.2. The van der Waals surface area contributed by atoms with Gasteiger partial charge in [-0.05, 0) is 11.7 Å². The topological polar surface area (TPSA) is 57.6 Å². The maximum absolute atomic E-state index is 11.6. The van der Waals surface area contributed by atoms with E-state index in [2.05, 4.69) is 0 Å². The second-order valence-corrected chi connectivity index (χ2v) is 5.59. The summed E-state index contributed by atoms with van der Waals surface area (Å²) in [7, 11) is 0. The maximum atomic E-state index is 11.6. The third-order valence-electron chi connectivity index (χ3n) is 2.43. The normalized spacial score (nSPS) is 21.0. The Bertz CT molecular complexity index is 255. The molecule has 0 aromatic rings. The number of carboxylic acids is 1. The molecule has 0 spiro atoms. The predicted octanol–water partition coefficient (Wildman–Crippen LogP) is 1.06. The van der Waals surface area contributed by atoms with Crippen LogP contribution in [0.5, 0.6) is 0 Å². The molecule has 1 aliphatic heterocycles. The number of likely N-dealkylation sites (tertiary alicyclic amines) is 1. The third kappa shape index (κ3) is 3.74. The molecule has 0 aromatic carbocycles. The summed E-state index contributed by atoms with van der Waals surface area (Å²) < 4.78 is 0. The SMILES string of the molecule is CC(C)SCC(=O)N1CCC(C(=O)O)C1. The molecule has 1 aliphatic rings. The van der Waals surface area contributed by atoms with Crippen LogP contribution in [0.1, 0.15) is 20.3 Å². The summed E-state index contributed by atoms with van der Waals surface area (Å²) in [6.45, 7) is 5.06. The van der Waals surface area contributed by atoms with Gasteiger partial charge in [0.1, 0.15) is 0 Å². The molecule has 0 aromatic heterocycles. The van der Waals surface area contributed by atoms with Crippen LogP contribution in [0.2, 0.25) is 0 Å². The first-order valence-electron chi connectivity index (χ1n) is 5.13. The molecule has 1 heterocycles. The zero-order valence-electron chi connectivity index (χ0n) is 9.10. The van der Waals surface area contributed by atoms with Crippen LogP contribution >= 0.6 is 11.8 Å². The van der Waals surface area contributed by atoms with Crippen LogP contribution in [-0.4, -0.2) is 46.0 Å². The third-order valence-corrected chi connectivity index (χ3v) is 3.51. The summed E-state index contributed by atoms with van der Waals surface area (Å²) in [5.41, 5.74) is 0. The summed E-state index contributed by atoms with van der Waals surface area (Å²) in [6.07, 6.45) is 0.591. The first kappa shape index (κ1) is 12.4. The fourth-order valence-corrected chi connectivity index (χ4v) is 2.18. The highest BCUT2D eigenvalue weighted by molar-refractivity contribution is 8.00. The van der Waals surface area contributed by atoms with E-state index in [4.69, 9.17) is 5.11 Å². The fraction of sp³-hybridized carbons (Fsp3) is 0.800. The monoisotopic (exact) mass is 231 g/mol. The van der Waals surface area contributed by atoms with Gasteiger partial charge in [-0.15, -0.1) is 11.8 Å². The average Bonchev–Trinajstić information content (AvgIpc) is 2.62. The van der Waals surface area contributed by atoms with Gasteiger partial charge in [-0.3, -0.25) is 9.59 Å². The lowest BCUT2D eigenvalue weighted by atomic mass is 10.1. The van der Waals surface area contributed by atoms with Gasteiger partial charge >= 0.3 is 5.97 Å². The zero-order chi connectivity index (χ0) is 11.4. The van der Waals surface area contributed by atoms with E-state index < -0.39 is 5.97 Å². The molecular formula is C10H17NO3S. The second-order valence-electron chi connectivity index (χ2n) is 4.02. The summed E-state index contributed by atoms with van der Waals surface area (Å²) in [5.74, 6) is -0.624. The minimum atomic E-state index is -0.790. The lowest BCUT2D eigenvalue weighted by Crippen LogP contribution is -2.31. The number of thioether (sulfide) groups is 1. The molecule has 0 aliphatic carbocycles. The Kier molecular flexibility index (Phi) is 4.45. The molecule has 1 atom stereocenters. The van der Waals surface area contributed by atoms with Crippen molar-refractivity contribution in [2.75, 3.05) is 18.8 Å². The molecule has 1 N–H and O–H groups in total. The largest absolute Gasteiger partial charge is 0.481 e. The number of hydrogen-bond donors (Lipinski definition) is 1. The Hall–Kier alpha value is -0.710. The Morgan fingerprint density at radius 2 is 2.20 bits per heavy atom. The summed E-state index contributed by atoms with van der Waals surface area (Å²) in [5, 5.41) is 9.22. The summed E-state index contributed by atoms with van der Waals surface area (Å²) in [4.78, 5) is 24.0. The average molecular weight is 231 g/mol. The molecule has 1 amide bonds. The van der Waals surface area contributed by atoms with Crippen molar-refractivity contribution in [3.05, 3.63) is 0 Å². The van der Waals surface area contributed by atoms with Crippen LogP contribution in [0.4, 0.5) is 0 Å². The van der Waals surface area contributed by atoms with Crippen molar-refractivity contribution >= 4 is 23.6 Å². The van der Waals surface area contributed by atoms with E-state index in [9.17, 15) is 9.59 Å². The van der Waals surface area contributed by atoms with Crippen molar-refractivity contribution in [3.8, 4) is 0 Å². The highest BCUT2D eigenvalue weighted by Crippen LogP contribution is 2.18. The van der Waals surface area contributed by atoms with Crippen LogP contribution in [0, 0.1) is 5.92 Å². The number of rotatable bonds is 4. The molecule has 0 radical (unpaired) electrons. The van der Waals surface area contributed by atoms with Crippen molar-refractivity contribution in [3.63, 3.8) is 0 Å². The number of carbonyl (C=O) groups is 2. The minimum Gasteiger partial charge on any atom is -0.481 e. The van der Waals surface area contributed by atoms with Crippen molar-refractivity contribution < 1.29 is 14.7 Å². The number of amides is 1. The van der Waals surface area contributed by atoms with E-state index in [-0.39, 0.29) is 11.8 Å². The smallest absolute Gasteiger partial charge is 0.308 e. The molecule has 0 bridgehead atoms. The van der Waals surface area contributed by atoms with E-state index in [1.54, 1.807) is 16.7 Å². The first-order valence-corrected chi connectivity index (χ1v) is 6.17. The standard InChI is InChI=1S/C10H17NO3S/c1-7(2)15-6-9(12)11-4-3-8(5-11)10(13)14/h7-8H,3-6H2,1-2H3,(H,13,14). The van der Waals surface area contributed by atoms with E-state index in [0.29, 0.717) is 30.5 Å². The molecule has 1 unspecified atom stereocenters. The van der Waals surface area contributed by atoms with Crippen molar-refractivity contribution in [1.82, 2.24) is 4.90 Å². The molecule has 86 valence electrons. The van der Waals surface area contributed by atoms with Crippen LogP contribution in [0.25, 0.3) is 0 Å². The van der Waals surface area contributed by atoms with Gasteiger partial charge in [0.05, 0.1) is 11.7 Å². The lowest BCUT2D eigenvalue weighted by Gasteiger charge is -2.16. The van der Waals surface area contributed by atoms with Gasteiger partial charge < -0.3 is 10.0 Å². The summed E-state index contributed by atoms with van der Waals surface area (Å²) in [6, 6.07) is 0. The fourth-order valence-electron chi connectivity index (χ4n) is 1.52. The van der Waals surface area contributed by atoms with Crippen LogP contribution < -0.4 is 0 Å². The minimum absolute atomic E-state index is 0.0671. The molecular weight excluding hydrogens is 214 g/mol. The van der Waals surface area contributed by atoms with Gasteiger partial charge in [-0.2, -0.15) is 0 Å². The number of hydrogen-bond acceptors (Lipinski definition) is 3. The van der Waals surface area contributed by atoms with Gasteiger partial charge in [0.25, 0.3) is 0 Å². The van der Waals surface area contributed by atoms with Crippen molar-refractivity contribution in [2.45, 2.75) is 25.5 Å². The Balaban J connectivity index is 2.33. The van der Waals surface area contributed by atoms with Crippen molar-refractivity contribution in [1.29, 1.82) is 0 Å². The zero-order valence-corrected chi connectivity index (χ0v) is 9.92. The quantitative estimate of drug-likeness (QED) is 0.786. The Labute approximate surface area is 94.0 Å². The summed E-state index contributed by atoms with van der Waals surface area (Å²) >= 11 is 1.60. The molecule has 0 saturated carbocycles. The molecule has 1 fully saturated rings. The van der Waals surface area contributed by atoms with Crippen LogP contribution in [0.15, 0.2) is 0 Å². The van der Waals surface area contributed by atoms with E-state index in [1.807, 2.05) is 13.8 Å². The van der Waals surface area contributed by atoms with Gasteiger partial charge in [-0.25, -0.2) is 0 Å². The Morgan fingerprint density at radius 1 is 1.53 bits per heavy atom. The van der Waals surface area contributed by atoms with Gasteiger partial charge in [0.15, 0.2) is 0 Å². The number of aliphatic carboxylic acids is 1. The van der Waals surface area contributed by atoms with Crippen LogP contribution in [-0.2, 0) is 9.59 Å². The van der Waals surface area contributed by atoms with Gasteiger partial charge in [-0.1, -0.05) is 13.8 Å². The highest BCUT2D eigenvalue weighted by Gasteiger charge is 2.30. The van der Waals surface area contributed by atoms with Gasteiger partial charge in [0.2, 0.25) is 5.91 Å². The molecule has 4 nitrogen and oxygen atoms in total. The van der Waals surface area contributed by atoms with E-state index in [0.717, 1.165) is 0 Å². The van der Waals surface area contributed by atoms with Gasteiger partial charge in [0, 0.05) is 13.1 Å². The molecule has 15 heavy (non-hydrogen) atoms.